The van der Waals surface area contributed by atoms with Crippen molar-refractivity contribution in [3.05, 3.63) is 48.2 Å². The summed E-state index contributed by atoms with van der Waals surface area (Å²) in [7, 11) is 0. The molecule has 0 bridgehead atoms. The fraction of sp³-hybridized carbons (Fsp3) is 0.353. The molecule has 108 valence electrons. The van der Waals surface area contributed by atoms with E-state index in [1.807, 2.05) is 35.4 Å². The quantitative estimate of drug-likeness (QED) is 0.841. The first-order chi connectivity index (χ1) is 10.4. The molecule has 0 aliphatic carbocycles. The number of rotatable bonds is 2. The van der Waals surface area contributed by atoms with Gasteiger partial charge in [-0.3, -0.25) is 4.79 Å². The van der Waals surface area contributed by atoms with Gasteiger partial charge in [0.15, 0.2) is 0 Å². The molecule has 0 aromatic heterocycles. The summed E-state index contributed by atoms with van der Waals surface area (Å²) in [5.74, 6) is 3.07. The maximum absolute atomic E-state index is 11.2. The van der Waals surface area contributed by atoms with Crippen LogP contribution in [0, 0.1) is 0 Å². The van der Waals surface area contributed by atoms with E-state index in [-0.39, 0.29) is 12.1 Å². The summed E-state index contributed by atoms with van der Waals surface area (Å²) in [5, 5.41) is 3.35. The van der Waals surface area contributed by atoms with Crippen molar-refractivity contribution in [2.45, 2.75) is 24.9 Å². The monoisotopic (exact) mass is 281 g/mol. The van der Waals surface area contributed by atoms with Crippen molar-refractivity contribution in [2.24, 2.45) is 4.99 Å². The third kappa shape index (κ3) is 3.06. The van der Waals surface area contributed by atoms with Gasteiger partial charge in [-0.25, -0.2) is 4.99 Å². The maximum atomic E-state index is 11.2. The number of nitrogens with zero attached hydrogens (tertiary/aromatic N) is 2. The number of allylic oxidation sites excluding steroid dienone is 2. The number of amides is 1. The van der Waals surface area contributed by atoms with Crippen LogP contribution in [0.5, 0.6) is 0 Å². The minimum Gasteiger partial charge on any atom is -0.388 e. The van der Waals surface area contributed by atoms with Gasteiger partial charge in [0, 0.05) is 30.9 Å². The molecule has 1 fully saturated rings. The lowest BCUT2D eigenvalue weighted by atomic mass is 9.97. The average Bonchev–Trinajstić information content (AvgIpc) is 2.65. The molecular formula is C17H19N3O. The van der Waals surface area contributed by atoms with Gasteiger partial charge in [0.05, 0.1) is 12.1 Å². The Morgan fingerprint density at radius 2 is 2.19 bits per heavy atom. The van der Waals surface area contributed by atoms with E-state index >= 15 is 0 Å². The van der Waals surface area contributed by atoms with E-state index in [0.29, 0.717) is 0 Å². The van der Waals surface area contributed by atoms with Gasteiger partial charge in [0.1, 0.15) is 0 Å². The van der Waals surface area contributed by atoms with Crippen molar-refractivity contribution in [1.82, 2.24) is 10.2 Å². The van der Waals surface area contributed by atoms with Crippen molar-refractivity contribution in [2.75, 3.05) is 13.1 Å². The van der Waals surface area contributed by atoms with Crippen LogP contribution < -0.4 is 5.32 Å². The topological polar surface area (TPSA) is 44.7 Å². The van der Waals surface area contributed by atoms with E-state index in [0.717, 1.165) is 43.5 Å². The van der Waals surface area contributed by atoms with Crippen molar-refractivity contribution < 1.29 is 4.79 Å². The highest BCUT2D eigenvalue weighted by Crippen LogP contribution is 2.20. The Morgan fingerprint density at radius 1 is 1.33 bits per heavy atom. The highest BCUT2D eigenvalue weighted by atomic mass is 16.1. The van der Waals surface area contributed by atoms with Crippen LogP contribution in [0.25, 0.3) is 5.57 Å². The third-order valence-corrected chi connectivity index (χ3v) is 4.07. The largest absolute Gasteiger partial charge is 0.388 e. The van der Waals surface area contributed by atoms with Crippen molar-refractivity contribution in [3.8, 4) is 0 Å². The Kier molecular flexibility index (Phi) is 4.17. The predicted molar refractivity (Wildman–Crippen MR) is 84.0 cm³/mol. The Morgan fingerprint density at radius 3 is 3.00 bits per heavy atom. The normalized spacial score (nSPS) is 27.4. The van der Waals surface area contributed by atoms with E-state index in [1.54, 1.807) is 0 Å². The van der Waals surface area contributed by atoms with Gasteiger partial charge < -0.3 is 10.2 Å². The summed E-state index contributed by atoms with van der Waals surface area (Å²) < 4.78 is 0. The maximum Gasteiger partial charge on any atom is 0.210 e. The van der Waals surface area contributed by atoms with E-state index in [2.05, 4.69) is 28.3 Å². The summed E-state index contributed by atoms with van der Waals surface area (Å²) in [6.45, 7) is 1.54. The Balaban J connectivity index is 1.87. The molecule has 4 nitrogen and oxygen atoms in total. The summed E-state index contributed by atoms with van der Waals surface area (Å²) in [6.07, 6.45) is 6.85. The number of fused-ring (bicyclic) bond motifs is 1. The SMILES string of the molecule is O=CN1CCCC2N=C=C/C(c3ccccc3)=C\NCC21. The molecule has 1 amide bonds. The van der Waals surface area contributed by atoms with Gasteiger partial charge in [-0.1, -0.05) is 30.3 Å². The van der Waals surface area contributed by atoms with Crippen LogP contribution in [0.3, 0.4) is 0 Å². The minimum absolute atomic E-state index is 0.114. The molecule has 1 aromatic rings. The third-order valence-electron chi connectivity index (χ3n) is 4.07. The molecule has 0 saturated carbocycles. The number of hydrogen-bond acceptors (Lipinski definition) is 3. The molecule has 0 radical (unpaired) electrons. The van der Waals surface area contributed by atoms with Gasteiger partial charge in [-0.15, -0.1) is 0 Å². The second-order valence-corrected chi connectivity index (χ2v) is 5.40. The molecule has 2 unspecified atom stereocenters. The summed E-state index contributed by atoms with van der Waals surface area (Å²) in [4.78, 5) is 17.6. The molecule has 21 heavy (non-hydrogen) atoms. The Hall–Kier alpha value is -2.32. The molecular weight excluding hydrogens is 262 g/mol. The van der Waals surface area contributed by atoms with Crippen molar-refractivity contribution in [3.63, 3.8) is 0 Å². The van der Waals surface area contributed by atoms with Crippen molar-refractivity contribution in [1.29, 1.82) is 0 Å². The molecule has 1 saturated heterocycles. The zero-order chi connectivity index (χ0) is 14.5. The van der Waals surface area contributed by atoms with Crippen LogP contribution in [-0.4, -0.2) is 42.4 Å². The number of piperidine rings is 1. The van der Waals surface area contributed by atoms with Gasteiger partial charge in [-0.05, 0) is 24.3 Å². The summed E-state index contributed by atoms with van der Waals surface area (Å²) in [6, 6.07) is 10.4. The van der Waals surface area contributed by atoms with Crippen LogP contribution in [0.15, 0.2) is 47.6 Å². The van der Waals surface area contributed by atoms with E-state index in [4.69, 9.17) is 0 Å². The van der Waals surface area contributed by atoms with Crippen LogP contribution >= 0.6 is 0 Å². The Labute approximate surface area is 124 Å². The number of carbonyl (C=O) groups is 1. The molecule has 2 heterocycles. The molecule has 2 aliphatic heterocycles. The van der Waals surface area contributed by atoms with Crippen LogP contribution in [0.4, 0.5) is 0 Å². The van der Waals surface area contributed by atoms with Gasteiger partial charge in [0.25, 0.3) is 0 Å². The lowest BCUT2D eigenvalue weighted by molar-refractivity contribution is -0.121. The van der Waals surface area contributed by atoms with Crippen LogP contribution in [-0.2, 0) is 4.79 Å². The lowest BCUT2D eigenvalue weighted by Crippen LogP contribution is -2.51. The minimum atomic E-state index is 0.114. The fourth-order valence-corrected chi connectivity index (χ4v) is 2.93. The molecule has 1 aromatic carbocycles. The molecule has 1 N–H and O–H groups in total. The predicted octanol–water partition coefficient (Wildman–Crippen LogP) is 1.85. The highest BCUT2D eigenvalue weighted by molar-refractivity contribution is 5.82. The van der Waals surface area contributed by atoms with Gasteiger partial charge in [0.2, 0.25) is 6.41 Å². The summed E-state index contributed by atoms with van der Waals surface area (Å²) in [5.41, 5.74) is 2.18. The second kappa shape index (κ2) is 6.42. The summed E-state index contributed by atoms with van der Waals surface area (Å²) >= 11 is 0. The molecule has 2 atom stereocenters. The van der Waals surface area contributed by atoms with Gasteiger partial charge in [-0.2, -0.15) is 0 Å². The number of benzene rings is 1. The molecule has 4 heteroatoms. The first-order valence-corrected chi connectivity index (χ1v) is 7.37. The zero-order valence-corrected chi connectivity index (χ0v) is 11.9. The second-order valence-electron chi connectivity index (χ2n) is 5.40. The molecule has 3 rings (SSSR count). The zero-order valence-electron chi connectivity index (χ0n) is 11.9. The number of likely N-dealkylation sites (tertiary alicyclic amines) is 1. The van der Waals surface area contributed by atoms with Gasteiger partial charge >= 0.3 is 0 Å². The van der Waals surface area contributed by atoms with Crippen LogP contribution in [0.2, 0.25) is 0 Å². The average molecular weight is 281 g/mol. The lowest BCUT2D eigenvalue weighted by Gasteiger charge is -2.36. The first-order valence-electron chi connectivity index (χ1n) is 7.37. The number of aliphatic imine (C=N–C) groups is 1. The molecule has 0 spiro atoms. The highest BCUT2D eigenvalue weighted by Gasteiger charge is 2.30. The van der Waals surface area contributed by atoms with Crippen LogP contribution in [0.1, 0.15) is 18.4 Å². The number of nitrogens with one attached hydrogen (secondary N) is 1. The fourth-order valence-electron chi connectivity index (χ4n) is 2.93. The van der Waals surface area contributed by atoms with E-state index < -0.39 is 0 Å². The van der Waals surface area contributed by atoms with E-state index in [9.17, 15) is 4.79 Å². The Bertz CT molecular complexity index is 587. The number of hydrogen-bond donors (Lipinski definition) is 1. The number of carbonyl (C=O) groups excluding carboxylic acids is 1. The molecule has 2 aliphatic rings. The first kappa shape index (κ1) is 13.7. The van der Waals surface area contributed by atoms with E-state index in [1.165, 1.54) is 0 Å². The smallest absolute Gasteiger partial charge is 0.210 e. The standard InChI is InChI=1S/C17H19N3O/c21-13-20-10-4-7-16-17(20)12-18-11-15(8-9-19-16)14-5-2-1-3-6-14/h1-3,5-6,8,11,13,16-18H,4,7,10,12H2/b15-11+. The van der Waals surface area contributed by atoms with Crippen molar-refractivity contribution >= 4 is 17.9 Å².